The number of hydrogen-bond acceptors (Lipinski definition) is 3. The van der Waals surface area contributed by atoms with Crippen LogP contribution in [0.1, 0.15) is 17.3 Å². The van der Waals surface area contributed by atoms with Crippen LogP contribution in [0.2, 0.25) is 0 Å². The van der Waals surface area contributed by atoms with Gasteiger partial charge in [0.15, 0.2) is 0 Å². The molecular weight excluding hydrogens is 319 g/mol. The van der Waals surface area contributed by atoms with E-state index in [-0.39, 0.29) is 28.1 Å². The minimum atomic E-state index is -4.37. The van der Waals surface area contributed by atoms with Crippen molar-refractivity contribution in [3.63, 3.8) is 0 Å². The van der Waals surface area contributed by atoms with Crippen LogP contribution in [-0.2, 0) is 4.79 Å². The molecule has 7 heteroatoms. The van der Waals surface area contributed by atoms with Gasteiger partial charge in [0.25, 0.3) is 0 Å². The highest BCUT2D eigenvalue weighted by Gasteiger charge is 2.29. The molecule has 0 aliphatic carbocycles. The number of benzene rings is 1. The maximum absolute atomic E-state index is 12.2. The minimum absolute atomic E-state index is 0.0294. The van der Waals surface area contributed by atoms with E-state index in [1.165, 1.54) is 25.1 Å². The molecule has 0 heterocycles. The summed E-state index contributed by atoms with van der Waals surface area (Å²) in [6.45, 7) is 1.35. The molecule has 0 spiro atoms. The largest absolute Gasteiger partial charge is 0.446 e. The van der Waals surface area contributed by atoms with E-state index in [1.807, 2.05) is 0 Å². The molecule has 2 nitrogen and oxygen atoms in total. The number of nitrogens with two attached hydrogens (primary N) is 1. The van der Waals surface area contributed by atoms with Crippen molar-refractivity contribution in [2.75, 3.05) is 5.73 Å². The first-order chi connectivity index (χ1) is 7.69. The molecule has 0 saturated carbocycles. The highest BCUT2D eigenvalue weighted by atomic mass is 79.9. The highest BCUT2D eigenvalue weighted by Crippen LogP contribution is 2.39. The van der Waals surface area contributed by atoms with Crippen LogP contribution in [0.4, 0.5) is 18.9 Å². The molecule has 0 saturated heterocycles. The van der Waals surface area contributed by atoms with Crippen LogP contribution in [0, 0.1) is 0 Å². The second-order valence-electron chi connectivity index (χ2n) is 3.36. The molecule has 1 rings (SSSR count). The fourth-order valence-corrected chi connectivity index (χ4v) is 2.14. The second-order valence-corrected chi connectivity index (χ2v) is 5.41. The number of halogens is 4. The Morgan fingerprint density at radius 3 is 2.47 bits per heavy atom. The highest BCUT2D eigenvalue weighted by molar-refractivity contribution is 9.09. The Kier molecular flexibility index (Phi) is 4.48. The molecule has 0 radical (unpaired) electrons. The van der Waals surface area contributed by atoms with E-state index in [9.17, 15) is 18.0 Å². The summed E-state index contributed by atoms with van der Waals surface area (Å²) in [7, 11) is 0. The summed E-state index contributed by atoms with van der Waals surface area (Å²) in [5, 5.41) is 0. The Bertz CT molecular complexity index is 436. The molecule has 17 heavy (non-hydrogen) atoms. The lowest BCUT2D eigenvalue weighted by atomic mass is 10.1. The van der Waals surface area contributed by atoms with Crippen molar-refractivity contribution in [3.8, 4) is 0 Å². The van der Waals surface area contributed by atoms with E-state index < -0.39 is 10.3 Å². The average molecular weight is 328 g/mol. The normalized spacial score (nSPS) is 13.5. The monoisotopic (exact) mass is 327 g/mol. The first-order valence-corrected chi connectivity index (χ1v) is 6.23. The van der Waals surface area contributed by atoms with Gasteiger partial charge >= 0.3 is 5.51 Å². The lowest BCUT2D eigenvalue weighted by molar-refractivity contribution is -0.116. The summed E-state index contributed by atoms with van der Waals surface area (Å²) in [5.41, 5.74) is 1.75. The van der Waals surface area contributed by atoms with E-state index >= 15 is 0 Å². The van der Waals surface area contributed by atoms with Gasteiger partial charge in [0.2, 0.25) is 0 Å². The number of thioether (sulfide) groups is 1. The van der Waals surface area contributed by atoms with Crippen molar-refractivity contribution in [2.45, 2.75) is 22.2 Å². The third kappa shape index (κ3) is 4.59. The third-order valence-corrected chi connectivity index (χ3v) is 3.71. The van der Waals surface area contributed by atoms with Crippen LogP contribution in [0.25, 0.3) is 0 Å². The van der Waals surface area contributed by atoms with E-state index in [0.29, 0.717) is 5.56 Å². The molecule has 0 amide bonds. The van der Waals surface area contributed by atoms with Gasteiger partial charge < -0.3 is 5.73 Å². The molecule has 94 valence electrons. The number of anilines is 1. The quantitative estimate of drug-likeness (QED) is 0.520. The number of Topliss-reactive ketones (excluding diaryl/α,β-unsaturated/α-hetero) is 1. The number of carbonyl (C=O) groups excluding carboxylic acids is 1. The molecule has 1 atom stereocenters. The van der Waals surface area contributed by atoms with Crippen LogP contribution in [0.5, 0.6) is 0 Å². The van der Waals surface area contributed by atoms with Gasteiger partial charge in [-0.3, -0.25) is 4.79 Å². The minimum Gasteiger partial charge on any atom is -0.399 e. The average Bonchev–Trinajstić information content (AvgIpc) is 2.12. The fourth-order valence-electron chi connectivity index (χ4n) is 1.22. The molecule has 0 aliphatic rings. The maximum atomic E-state index is 12.2. The molecule has 0 aliphatic heterocycles. The number of hydrogen-bond donors (Lipinski definition) is 1. The zero-order valence-electron chi connectivity index (χ0n) is 8.72. The zero-order chi connectivity index (χ0) is 13.2. The van der Waals surface area contributed by atoms with Crippen molar-refractivity contribution in [3.05, 3.63) is 23.8 Å². The summed E-state index contributed by atoms with van der Waals surface area (Å²) in [6.07, 6.45) is 0. The van der Waals surface area contributed by atoms with Gasteiger partial charge in [0.1, 0.15) is 5.78 Å². The van der Waals surface area contributed by atoms with Gasteiger partial charge in [-0.25, -0.2) is 0 Å². The first-order valence-electron chi connectivity index (χ1n) is 4.50. The second kappa shape index (κ2) is 5.30. The number of rotatable bonds is 3. The van der Waals surface area contributed by atoms with Crippen molar-refractivity contribution < 1.29 is 18.0 Å². The van der Waals surface area contributed by atoms with Gasteiger partial charge in [-0.05, 0) is 42.4 Å². The Morgan fingerprint density at radius 1 is 1.41 bits per heavy atom. The van der Waals surface area contributed by atoms with Crippen molar-refractivity contribution in [1.29, 1.82) is 0 Å². The lowest BCUT2D eigenvalue weighted by Crippen LogP contribution is -2.04. The van der Waals surface area contributed by atoms with Gasteiger partial charge in [0.05, 0.1) is 4.83 Å². The zero-order valence-corrected chi connectivity index (χ0v) is 11.1. The SMILES string of the molecule is CC(=O)C(Br)c1cc(N)cc(SC(F)(F)F)c1. The smallest absolute Gasteiger partial charge is 0.399 e. The molecule has 2 N–H and O–H groups in total. The number of carbonyl (C=O) groups is 1. The number of ketones is 1. The van der Waals surface area contributed by atoms with Crippen LogP contribution in [0.15, 0.2) is 23.1 Å². The summed E-state index contributed by atoms with van der Waals surface area (Å²) in [6, 6.07) is 4.00. The molecule has 0 aromatic heterocycles. The van der Waals surface area contributed by atoms with Gasteiger partial charge in [-0.2, -0.15) is 13.2 Å². The van der Waals surface area contributed by atoms with Crippen LogP contribution in [0.3, 0.4) is 0 Å². The van der Waals surface area contributed by atoms with Crippen molar-refractivity contribution in [2.24, 2.45) is 0 Å². The lowest BCUT2D eigenvalue weighted by Gasteiger charge is -2.11. The molecule has 1 unspecified atom stereocenters. The van der Waals surface area contributed by atoms with E-state index in [4.69, 9.17) is 5.73 Å². The standard InChI is InChI=1S/C10H9BrF3NOS/c1-5(16)9(11)6-2-7(15)4-8(3-6)17-10(12,13)14/h2-4,9H,15H2,1H3. The first kappa shape index (κ1) is 14.4. The molecule has 1 aromatic rings. The maximum Gasteiger partial charge on any atom is 0.446 e. The summed E-state index contributed by atoms with van der Waals surface area (Å²) >= 11 is 2.85. The van der Waals surface area contributed by atoms with Crippen LogP contribution < -0.4 is 5.73 Å². The number of nitrogen functional groups attached to an aromatic ring is 1. The van der Waals surface area contributed by atoms with Gasteiger partial charge in [0, 0.05) is 10.6 Å². The Balaban J connectivity index is 3.06. The molecule has 0 bridgehead atoms. The third-order valence-electron chi connectivity index (χ3n) is 1.83. The fraction of sp³-hybridized carbons (Fsp3) is 0.300. The molecule has 1 aromatic carbocycles. The topological polar surface area (TPSA) is 43.1 Å². The molecular formula is C10H9BrF3NOS. The van der Waals surface area contributed by atoms with Crippen molar-refractivity contribution in [1.82, 2.24) is 0 Å². The predicted octanol–water partition coefficient (Wildman–Crippen LogP) is 3.91. The van der Waals surface area contributed by atoms with Crippen molar-refractivity contribution >= 4 is 39.2 Å². The Morgan fingerprint density at radius 2 is 2.00 bits per heavy atom. The van der Waals surface area contributed by atoms with E-state index in [0.717, 1.165) is 0 Å². The Hall–Kier alpha value is -0.690. The summed E-state index contributed by atoms with van der Waals surface area (Å²) in [5.74, 6) is -0.196. The summed E-state index contributed by atoms with van der Waals surface area (Å²) < 4.78 is 36.6. The molecule has 0 fully saturated rings. The number of alkyl halides is 4. The van der Waals surface area contributed by atoms with Gasteiger partial charge in [-0.1, -0.05) is 15.9 Å². The van der Waals surface area contributed by atoms with Crippen LogP contribution in [-0.4, -0.2) is 11.3 Å². The predicted molar refractivity (Wildman–Crippen MR) is 65.1 cm³/mol. The summed E-state index contributed by atoms with van der Waals surface area (Å²) in [4.78, 5) is 10.5. The van der Waals surface area contributed by atoms with Crippen LogP contribution >= 0.6 is 27.7 Å². The Labute approximate surface area is 109 Å². The van der Waals surface area contributed by atoms with E-state index in [2.05, 4.69) is 15.9 Å². The van der Waals surface area contributed by atoms with Gasteiger partial charge in [-0.15, -0.1) is 0 Å². The van der Waals surface area contributed by atoms with E-state index in [1.54, 1.807) is 0 Å².